The van der Waals surface area contributed by atoms with Gasteiger partial charge in [-0.25, -0.2) is 13.6 Å². The highest BCUT2D eigenvalue weighted by Crippen LogP contribution is 2.20. The number of nitrogens with zero attached hydrogens (tertiary/aromatic N) is 2. The molecule has 1 aliphatic heterocycles. The smallest absolute Gasteiger partial charge is 0.242 e. The first-order valence-electron chi connectivity index (χ1n) is 8.11. The summed E-state index contributed by atoms with van der Waals surface area (Å²) in [5, 5.41) is 5.10. The van der Waals surface area contributed by atoms with Crippen LogP contribution in [0.2, 0.25) is 0 Å². The lowest BCUT2D eigenvalue weighted by Crippen LogP contribution is -2.58. The molecule has 1 saturated heterocycles. The molecule has 0 saturated carbocycles. The topological polar surface area (TPSA) is 110 Å². The summed E-state index contributed by atoms with van der Waals surface area (Å²) in [7, 11) is -3.68. The Bertz CT molecular complexity index is 678. The molecule has 4 N–H and O–H groups in total. The van der Waals surface area contributed by atoms with Gasteiger partial charge in [0, 0.05) is 31.9 Å². The molecule has 1 amide bonds. The second-order valence-corrected chi connectivity index (χ2v) is 8.05. The Morgan fingerprint density at radius 2 is 1.71 bits per heavy atom. The maximum Gasteiger partial charge on any atom is 0.242 e. The van der Waals surface area contributed by atoms with Crippen molar-refractivity contribution in [1.82, 2.24) is 4.90 Å². The molecule has 1 atom stereocenters. The number of carbonyl (C=O) groups is 1. The Morgan fingerprint density at radius 1 is 1.17 bits per heavy atom. The van der Waals surface area contributed by atoms with Crippen LogP contribution in [0.4, 0.5) is 5.69 Å². The second-order valence-electron chi connectivity index (χ2n) is 6.49. The van der Waals surface area contributed by atoms with E-state index in [0.29, 0.717) is 32.6 Å². The van der Waals surface area contributed by atoms with Crippen molar-refractivity contribution < 1.29 is 13.2 Å². The number of rotatable bonds is 5. The van der Waals surface area contributed by atoms with Crippen molar-refractivity contribution in [3.05, 3.63) is 24.3 Å². The van der Waals surface area contributed by atoms with E-state index in [1.807, 2.05) is 11.8 Å². The van der Waals surface area contributed by atoms with E-state index < -0.39 is 15.6 Å². The molecule has 1 aromatic rings. The lowest BCUT2D eigenvalue weighted by molar-refractivity contribution is -0.137. The van der Waals surface area contributed by atoms with Crippen LogP contribution in [0.15, 0.2) is 29.2 Å². The highest BCUT2D eigenvalue weighted by Gasteiger charge is 2.33. The zero-order valence-corrected chi connectivity index (χ0v) is 15.1. The molecule has 1 heterocycles. The van der Waals surface area contributed by atoms with Crippen LogP contribution in [0.3, 0.4) is 0 Å². The van der Waals surface area contributed by atoms with Crippen LogP contribution >= 0.6 is 0 Å². The molecule has 0 aliphatic carbocycles. The zero-order chi connectivity index (χ0) is 18.0. The molecule has 1 fully saturated rings. The lowest BCUT2D eigenvalue weighted by atomic mass is 9.95. The molecular weight excluding hydrogens is 328 g/mol. The van der Waals surface area contributed by atoms with Crippen LogP contribution in [-0.4, -0.2) is 50.9 Å². The summed E-state index contributed by atoms with van der Waals surface area (Å²) in [4.78, 5) is 16.5. The van der Waals surface area contributed by atoms with Crippen molar-refractivity contribution in [1.29, 1.82) is 0 Å². The summed E-state index contributed by atoms with van der Waals surface area (Å²) in [6, 6.07) is 6.48. The number of hydrogen-bond donors (Lipinski definition) is 2. The van der Waals surface area contributed by atoms with Gasteiger partial charge in [0.2, 0.25) is 15.9 Å². The van der Waals surface area contributed by atoms with E-state index >= 15 is 0 Å². The van der Waals surface area contributed by atoms with Crippen molar-refractivity contribution in [2.75, 3.05) is 31.1 Å². The predicted molar refractivity (Wildman–Crippen MR) is 94.1 cm³/mol. The number of hydrogen-bond acceptors (Lipinski definition) is 5. The van der Waals surface area contributed by atoms with E-state index in [0.717, 1.165) is 12.1 Å². The van der Waals surface area contributed by atoms with Crippen molar-refractivity contribution >= 4 is 21.6 Å². The molecule has 7 nitrogen and oxygen atoms in total. The van der Waals surface area contributed by atoms with Crippen molar-refractivity contribution in [3.63, 3.8) is 0 Å². The molecule has 0 spiro atoms. The van der Waals surface area contributed by atoms with Gasteiger partial charge in [-0.3, -0.25) is 4.79 Å². The predicted octanol–water partition coefficient (Wildman–Crippen LogP) is 0.500. The summed E-state index contributed by atoms with van der Waals surface area (Å²) in [5.74, 6) is -0.00595. The summed E-state index contributed by atoms with van der Waals surface area (Å²) in [5.41, 5.74) is 6.24. The highest BCUT2D eigenvalue weighted by atomic mass is 32.2. The van der Waals surface area contributed by atoms with E-state index in [9.17, 15) is 13.2 Å². The van der Waals surface area contributed by atoms with Crippen molar-refractivity contribution in [2.45, 2.75) is 37.1 Å². The standard InChI is InChI=1S/C16H26N4O3S/c1-3-8-16(2,17)15(21)20-11-9-19(10-12-20)13-4-6-14(7-5-13)24(18,22)23/h4-7H,3,8-12,17H2,1-2H3,(H2,18,22,23). The molecule has 1 aromatic carbocycles. The third kappa shape index (κ3) is 4.25. The molecule has 1 unspecified atom stereocenters. The number of carbonyl (C=O) groups excluding carboxylic acids is 1. The fourth-order valence-electron chi connectivity index (χ4n) is 3.00. The lowest BCUT2D eigenvalue weighted by Gasteiger charge is -2.39. The van der Waals surface area contributed by atoms with Crippen LogP contribution in [0.5, 0.6) is 0 Å². The number of piperazine rings is 1. The number of amides is 1. The minimum absolute atomic E-state index is 0.00595. The Morgan fingerprint density at radius 3 is 2.17 bits per heavy atom. The molecule has 0 aromatic heterocycles. The van der Waals surface area contributed by atoms with Crippen LogP contribution < -0.4 is 15.8 Å². The van der Waals surface area contributed by atoms with Gasteiger partial charge in [0.05, 0.1) is 10.4 Å². The normalized spacial score (nSPS) is 18.3. The van der Waals surface area contributed by atoms with Crippen LogP contribution in [-0.2, 0) is 14.8 Å². The van der Waals surface area contributed by atoms with Crippen LogP contribution in [0.1, 0.15) is 26.7 Å². The number of anilines is 1. The summed E-state index contributed by atoms with van der Waals surface area (Å²) in [6.45, 7) is 6.38. The number of primary sulfonamides is 1. The SMILES string of the molecule is CCCC(C)(N)C(=O)N1CCN(c2ccc(S(N)(=O)=O)cc2)CC1. The Kier molecular flexibility index (Phi) is 5.52. The average Bonchev–Trinajstić information content (AvgIpc) is 2.53. The Hall–Kier alpha value is -1.64. The number of benzene rings is 1. The molecule has 24 heavy (non-hydrogen) atoms. The molecular formula is C16H26N4O3S. The average molecular weight is 354 g/mol. The monoisotopic (exact) mass is 354 g/mol. The molecule has 134 valence electrons. The van der Waals surface area contributed by atoms with Gasteiger partial charge < -0.3 is 15.5 Å². The molecule has 8 heteroatoms. The van der Waals surface area contributed by atoms with E-state index in [4.69, 9.17) is 10.9 Å². The molecule has 0 radical (unpaired) electrons. The zero-order valence-electron chi connectivity index (χ0n) is 14.2. The van der Waals surface area contributed by atoms with E-state index in [-0.39, 0.29) is 10.8 Å². The fraction of sp³-hybridized carbons (Fsp3) is 0.562. The van der Waals surface area contributed by atoms with E-state index in [2.05, 4.69) is 4.90 Å². The molecule has 0 bridgehead atoms. The van der Waals surface area contributed by atoms with E-state index in [1.165, 1.54) is 12.1 Å². The quantitative estimate of drug-likeness (QED) is 0.800. The summed E-state index contributed by atoms with van der Waals surface area (Å²) >= 11 is 0. The first kappa shape index (κ1) is 18.7. The minimum atomic E-state index is -3.68. The highest BCUT2D eigenvalue weighted by molar-refractivity contribution is 7.89. The van der Waals surface area contributed by atoms with Gasteiger partial charge in [-0.1, -0.05) is 13.3 Å². The van der Waals surface area contributed by atoms with Gasteiger partial charge in [-0.05, 0) is 37.6 Å². The Labute approximate surface area is 143 Å². The van der Waals surface area contributed by atoms with Gasteiger partial charge in [-0.15, -0.1) is 0 Å². The first-order chi connectivity index (χ1) is 11.1. The van der Waals surface area contributed by atoms with Gasteiger partial charge >= 0.3 is 0 Å². The van der Waals surface area contributed by atoms with Crippen LogP contribution in [0, 0.1) is 0 Å². The molecule has 2 rings (SSSR count). The van der Waals surface area contributed by atoms with Gasteiger partial charge in [0.25, 0.3) is 0 Å². The minimum Gasteiger partial charge on any atom is -0.368 e. The third-order valence-corrected chi connectivity index (χ3v) is 5.28. The molecule has 1 aliphatic rings. The second kappa shape index (κ2) is 7.08. The van der Waals surface area contributed by atoms with E-state index in [1.54, 1.807) is 19.1 Å². The Balaban J connectivity index is 1.99. The van der Waals surface area contributed by atoms with Gasteiger partial charge in [-0.2, -0.15) is 0 Å². The van der Waals surface area contributed by atoms with Gasteiger partial charge in [0.1, 0.15) is 0 Å². The van der Waals surface area contributed by atoms with Crippen molar-refractivity contribution in [2.24, 2.45) is 10.9 Å². The van der Waals surface area contributed by atoms with Crippen molar-refractivity contribution in [3.8, 4) is 0 Å². The third-order valence-electron chi connectivity index (χ3n) is 4.36. The maximum atomic E-state index is 12.5. The number of sulfonamides is 1. The summed E-state index contributed by atoms with van der Waals surface area (Å²) < 4.78 is 22.6. The summed E-state index contributed by atoms with van der Waals surface area (Å²) in [6.07, 6.45) is 1.54. The number of nitrogens with two attached hydrogens (primary N) is 2. The largest absolute Gasteiger partial charge is 0.368 e. The fourth-order valence-corrected chi connectivity index (χ4v) is 3.52. The van der Waals surface area contributed by atoms with Crippen LogP contribution in [0.25, 0.3) is 0 Å². The maximum absolute atomic E-state index is 12.5. The van der Waals surface area contributed by atoms with Gasteiger partial charge in [0.15, 0.2) is 0 Å². The first-order valence-corrected chi connectivity index (χ1v) is 9.66.